The molecule has 2 nitrogen and oxygen atoms in total. The van der Waals surface area contributed by atoms with E-state index in [1.165, 1.54) is 5.57 Å². The van der Waals surface area contributed by atoms with E-state index in [-0.39, 0.29) is 15.6 Å². The summed E-state index contributed by atoms with van der Waals surface area (Å²) in [6, 6.07) is 0. The summed E-state index contributed by atoms with van der Waals surface area (Å²) in [7, 11) is 0. The maximum atomic E-state index is 10.0. The quantitative estimate of drug-likeness (QED) is 0.407. The Hall–Kier alpha value is 0.130. The van der Waals surface area contributed by atoms with Crippen LogP contribution in [0.3, 0.4) is 0 Å². The van der Waals surface area contributed by atoms with Crippen LogP contribution < -0.4 is 5.32 Å². The van der Waals surface area contributed by atoms with E-state index in [0.717, 1.165) is 19.4 Å². The van der Waals surface area contributed by atoms with Gasteiger partial charge in [-0.2, -0.15) is 0 Å². The number of aliphatic hydroxyl groups is 1. The lowest BCUT2D eigenvalue weighted by molar-refractivity contribution is 0.115. The Morgan fingerprint density at radius 1 is 1.64 bits per heavy atom. The van der Waals surface area contributed by atoms with E-state index in [4.69, 9.17) is 0 Å². The van der Waals surface area contributed by atoms with Crippen LogP contribution in [-0.2, 0) is 0 Å². The third-order valence-corrected chi connectivity index (χ3v) is 4.46. The molecule has 0 aromatic heterocycles. The lowest BCUT2D eigenvalue weighted by Crippen LogP contribution is -2.47. The maximum absolute atomic E-state index is 10.0. The Morgan fingerprint density at radius 2 is 2.43 bits per heavy atom. The number of alkyl halides is 1. The van der Waals surface area contributed by atoms with Gasteiger partial charge < -0.3 is 5.11 Å². The van der Waals surface area contributed by atoms with Crippen LogP contribution in [-0.4, -0.2) is 21.3 Å². The summed E-state index contributed by atoms with van der Waals surface area (Å²) in [5.41, 5.74) is 1.25. The third kappa shape index (κ3) is 1.90. The van der Waals surface area contributed by atoms with Gasteiger partial charge in [-0.1, -0.05) is 46.4 Å². The van der Waals surface area contributed by atoms with Gasteiger partial charge in [-0.05, 0) is 26.3 Å². The summed E-state index contributed by atoms with van der Waals surface area (Å²) >= 11 is 2.41. The number of nitrogens with one attached hydrogen (secondary N) is 1. The lowest BCUT2D eigenvalue weighted by Gasteiger charge is -2.35. The first-order chi connectivity index (χ1) is 6.62. The first-order valence-electron chi connectivity index (χ1n) is 5.11. The van der Waals surface area contributed by atoms with Gasteiger partial charge in [0.2, 0.25) is 0 Å². The molecule has 3 unspecified atom stereocenters. The van der Waals surface area contributed by atoms with E-state index >= 15 is 0 Å². The predicted molar refractivity (Wildman–Crippen MR) is 66.4 cm³/mol. The number of hydrogen-bond donors (Lipinski definition) is 2. The molecule has 1 aliphatic carbocycles. The molecule has 2 aliphatic rings. The molecule has 0 aromatic carbocycles. The van der Waals surface area contributed by atoms with Gasteiger partial charge in [0.15, 0.2) is 0 Å². The molecule has 1 aliphatic heterocycles. The van der Waals surface area contributed by atoms with Crippen LogP contribution in [0.2, 0.25) is 0 Å². The molecule has 0 spiro atoms. The zero-order chi connectivity index (χ0) is 10.2. The van der Waals surface area contributed by atoms with E-state index in [1.54, 1.807) is 0 Å². The van der Waals surface area contributed by atoms with Crippen LogP contribution in [0.5, 0.6) is 0 Å². The van der Waals surface area contributed by atoms with Crippen LogP contribution in [0, 0.1) is 5.92 Å². The van der Waals surface area contributed by atoms with Gasteiger partial charge in [-0.3, -0.25) is 5.32 Å². The van der Waals surface area contributed by atoms with Crippen LogP contribution in [0.1, 0.15) is 19.8 Å². The standard InChI is InChI=1S/C11H16INO/c1-8-4-5-11(12)9(7-8)10(14)3-2-6-13-11/h4-5,7,9-10,13-14H,2-3,6H2,1H3. The fourth-order valence-corrected chi connectivity index (χ4v) is 3.21. The van der Waals surface area contributed by atoms with Crippen LogP contribution >= 0.6 is 22.6 Å². The van der Waals surface area contributed by atoms with Gasteiger partial charge in [0.05, 0.1) is 9.65 Å². The summed E-state index contributed by atoms with van der Waals surface area (Å²) in [5.74, 6) is 0.218. The molecule has 1 fully saturated rings. The highest BCUT2D eigenvalue weighted by Crippen LogP contribution is 2.38. The molecule has 0 bridgehead atoms. The van der Waals surface area contributed by atoms with E-state index in [9.17, 15) is 5.11 Å². The van der Waals surface area contributed by atoms with Crippen LogP contribution in [0.25, 0.3) is 0 Å². The molecule has 3 heteroatoms. The van der Waals surface area contributed by atoms with Crippen molar-refractivity contribution in [1.29, 1.82) is 0 Å². The van der Waals surface area contributed by atoms with Crippen molar-refractivity contribution < 1.29 is 5.11 Å². The second-order valence-corrected chi connectivity index (χ2v) is 5.96. The lowest BCUT2D eigenvalue weighted by atomic mass is 9.87. The monoisotopic (exact) mass is 305 g/mol. The van der Waals surface area contributed by atoms with Gasteiger partial charge in [0, 0.05) is 5.92 Å². The second-order valence-electron chi connectivity index (χ2n) is 4.17. The Labute approximate surface area is 98.6 Å². The van der Waals surface area contributed by atoms with Crippen molar-refractivity contribution in [2.24, 2.45) is 5.92 Å². The van der Waals surface area contributed by atoms with Crippen molar-refractivity contribution in [3.63, 3.8) is 0 Å². The normalized spacial score (nSPS) is 42.6. The highest BCUT2D eigenvalue weighted by molar-refractivity contribution is 14.1. The van der Waals surface area contributed by atoms with Gasteiger partial charge in [-0.25, -0.2) is 0 Å². The fraction of sp³-hybridized carbons (Fsp3) is 0.636. The molecule has 2 rings (SSSR count). The smallest absolute Gasteiger partial charge is 0.0981 e. The molecule has 0 saturated carbocycles. The molecule has 2 N–H and O–H groups in total. The van der Waals surface area contributed by atoms with Crippen molar-refractivity contribution in [3.8, 4) is 0 Å². The Balaban J connectivity index is 2.31. The zero-order valence-corrected chi connectivity index (χ0v) is 10.5. The molecule has 14 heavy (non-hydrogen) atoms. The second kappa shape index (κ2) is 3.94. The minimum absolute atomic E-state index is 0.0762. The summed E-state index contributed by atoms with van der Waals surface area (Å²) in [6.45, 7) is 3.08. The molecule has 3 atom stereocenters. The largest absolute Gasteiger partial charge is 0.392 e. The van der Waals surface area contributed by atoms with Crippen molar-refractivity contribution in [2.75, 3.05) is 6.54 Å². The summed E-state index contributed by atoms with van der Waals surface area (Å²) in [4.78, 5) is 0. The highest BCUT2D eigenvalue weighted by atomic mass is 127. The minimum Gasteiger partial charge on any atom is -0.392 e. The maximum Gasteiger partial charge on any atom is 0.0981 e. The van der Waals surface area contributed by atoms with E-state index < -0.39 is 0 Å². The molecule has 1 saturated heterocycles. The first kappa shape index (κ1) is 10.6. The first-order valence-corrected chi connectivity index (χ1v) is 6.19. The average Bonchev–Trinajstić information content (AvgIpc) is 2.29. The van der Waals surface area contributed by atoms with Gasteiger partial charge in [0.25, 0.3) is 0 Å². The summed E-state index contributed by atoms with van der Waals surface area (Å²) < 4.78 is -0.0762. The summed E-state index contributed by atoms with van der Waals surface area (Å²) in [6.07, 6.45) is 8.26. The number of hydrogen-bond acceptors (Lipinski definition) is 2. The molecule has 78 valence electrons. The van der Waals surface area contributed by atoms with Crippen molar-refractivity contribution in [2.45, 2.75) is 29.4 Å². The van der Waals surface area contributed by atoms with Gasteiger partial charge in [-0.15, -0.1) is 0 Å². The predicted octanol–water partition coefficient (Wildman–Crippen LogP) is 1.99. The van der Waals surface area contributed by atoms with Gasteiger partial charge >= 0.3 is 0 Å². The molecule has 1 heterocycles. The number of allylic oxidation sites excluding steroid dienone is 2. The molecular weight excluding hydrogens is 289 g/mol. The third-order valence-electron chi connectivity index (χ3n) is 3.00. The Morgan fingerprint density at radius 3 is 3.21 bits per heavy atom. The molecular formula is C11H16INO. The van der Waals surface area contributed by atoms with E-state index in [1.807, 2.05) is 0 Å². The van der Waals surface area contributed by atoms with Gasteiger partial charge in [0.1, 0.15) is 0 Å². The van der Waals surface area contributed by atoms with Crippen LogP contribution in [0.15, 0.2) is 23.8 Å². The minimum atomic E-state index is -0.207. The molecule has 0 amide bonds. The number of aliphatic hydroxyl groups excluding tert-OH is 1. The van der Waals surface area contributed by atoms with Crippen molar-refractivity contribution >= 4 is 22.6 Å². The van der Waals surface area contributed by atoms with E-state index in [0.29, 0.717) is 0 Å². The van der Waals surface area contributed by atoms with Crippen LogP contribution in [0.4, 0.5) is 0 Å². The summed E-state index contributed by atoms with van der Waals surface area (Å²) in [5, 5.41) is 13.6. The number of fused-ring (bicyclic) bond motifs is 1. The zero-order valence-electron chi connectivity index (χ0n) is 8.33. The number of halogens is 1. The fourth-order valence-electron chi connectivity index (χ4n) is 2.16. The SMILES string of the molecule is CC1=CC2C(O)CCCNC2(I)C=C1. The Kier molecular flexibility index (Phi) is 3.00. The van der Waals surface area contributed by atoms with Crippen molar-refractivity contribution in [1.82, 2.24) is 5.32 Å². The molecule has 0 radical (unpaired) electrons. The Bertz CT molecular complexity index is 287. The average molecular weight is 305 g/mol. The highest BCUT2D eigenvalue weighted by Gasteiger charge is 2.39. The number of rotatable bonds is 0. The topological polar surface area (TPSA) is 32.3 Å². The van der Waals surface area contributed by atoms with E-state index in [2.05, 4.69) is 53.1 Å². The molecule has 0 aromatic rings. The van der Waals surface area contributed by atoms with Crippen molar-refractivity contribution in [3.05, 3.63) is 23.8 Å².